The Morgan fingerprint density at radius 2 is 2.00 bits per heavy atom. The predicted octanol–water partition coefficient (Wildman–Crippen LogP) is 3.25. The van der Waals surface area contributed by atoms with E-state index in [9.17, 15) is 0 Å². The fourth-order valence-electron chi connectivity index (χ4n) is 1.32. The number of thioether (sulfide) groups is 1. The summed E-state index contributed by atoms with van der Waals surface area (Å²) in [6.07, 6.45) is 3.39. The molecule has 1 aromatic carbocycles. The Hall–Kier alpha value is -1.79. The van der Waals surface area contributed by atoms with Gasteiger partial charge in [0, 0.05) is 23.0 Å². The molecule has 2 aromatic rings. The summed E-state index contributed by atoms with van der Waals surface area (Å²) >= 11 is 1.64. The quantitative estimate of drug-likeness (QED) is 0.754. The van der Waals surface area contributed by atoms with Gasteiger partial charge < -0.3 is 0 Å². The van der Waals surface area contributed by atoms with Crippen molar-refractivity contribution in [2.45, 2.75) is 10.6 Å². The van der Waals surface area contributed by atoms with Gasteiger partial charge >= 0.3 is 0 Å². The van der Waals surface area contributed by atoms with Gasteiger partial charge in [-0.3, -0.25) is 4.98 Å². The van der Waals surface area contributed by atoms with Gasteiger partial charge in [-0.1, -0.05) is 30.3 Å². The van der Waals surface area contributed by atoms with Crippen LogP contribution < -0.4 is 0 Å². The minimum Gasteiger partial charge on any atom is -0.263 e. The number of benzene rings is 1. The molecule has 2 nitrogen and oxygen atoms in total. The van der Waals surface area contributed by atoms with Crippen LogP contribution in [0.15, 0.2) is 53.7 Å². The summed E-state index contributed by atoms with van der Waals surface area (Å²) in [6, 6.07) is 14.1. The van der Waals surface area contributed by atoms with E-state index in [4.69, 9.17) is 5.26 Å². The van der Waals surface area contributed by atoms with Crippen molar-refractivity contribution in [1.29, 1.82) is 5.26 Å². The Morgan fingerprint density at radius 3 is 2.75 bits per heavy atom. The van der Waals surface area contributed by atoms with Crippen LogP contribution in [0.1, 0.15) is 11.1 Å². The molecule has 3 heteroatoms. The zero-order valence-corrected chi connectivity index (χ0v) is 9.45. The van der Waals surface area contributed by atoms with Crippen LogP contribution >= 0.6 is 11.8 Å². The molecule has 0 spiro atoms. The van der Waals surface area contributed by atoms with Crippen LogP contribution in [0.4, 0.5) is 0 Å². The van der Waals surface area contributed by atoms with E-state index in [2.05, 4.69) is 23.2 Å². The maximum absolute atomic E-state index is 8.92. The lowest BCUT2D eigenvalue weighted by Crippen LogP contribution is -1.84. The highest BCUT2D eigenvalue weighted by Gasteiger charge is 2.02. The maximum Gasteiger partial charge on any atom is 0.100 e. The Balaban J connectivity index is 2.09. The molecule has 16 heavy (non-hydrogen) atoms. The van der Waals surface area contributed by atoms with Gasteiger partial charge in [0.15, 0.2) is 0 Å². The van der Waals surface area contributed by atoms with Crippen molar-refractivity contribution in [3.8, 4) is 6.07 Å². The zero-order valence-electron chi connectivity index (χ0n) is 8.63. The van der Waals surface area contributed by atoms with Gasteiger partial charge in [-0.05, 0) is 11.6 Å². The van der Waals surface area contributed by atoms with Crippen molar-refractivity contribution in [3.63, 3.8) is 0 Å². The van der Waals surface area contributed by atoms with Crippen molar-refractivity contribution < 1.29 is 0 Å². The highest BCUT2D eigenvalue weighted by molar-refractivity contribution is 7.98. The lowest BCUT2D eigenvalue weighted by atomic mass is 10.2. The first-order valence-corrected chi connectivity index (χ1v) is 5.89. The number of hydrogen-bond donors (Lipinski definition) is 0. The molecule has 0 saturated heterocycles. The smallest absolute Gasteiger partial charge is 0.100 e. The van der Waals surface area contributed by atoms with Gasteiger partial charge in [-0.25, -0.2) is 0 Å². The molecule has 0 aliphatic heterocycles. The van der Waals surface area contributed by atoms with Crippen molar-refractivity contribution in [3.05, 3.63) is 59.9 Å². The fourth-order valence-corrected chi connectivity index (χ4v) is 2.24. The van der Waals surface area contributed by atoms with Gasteiger partial charge in [0.1, 0.15) is 6.07 Å². The van der Waals surface area contributed by atoms with E-state index in [1.165, 1.54) is 5.56 Å². The van der Waals surface area contributed by atoms with Crippen LogP contribution in [-0.2, 0) is 5.75 Å². The third kappa shape index (κ3) is 2.62. The first-order valence-electron chi connectivity index (χ1n) is 4.91. The summed E-state index contributed by atoms with van der Waals surface area (Å²) < 4.78 is 0. The highest BCUT2D eigenvalue weighted by Crippen LogP contribution is 2.24. The molecule has 0 amide bonds. The average molecular weight is 226 g/mol. The van der Waals surface area contributed by atoms with E-state index in [1.54, 1.807) is 30.2 Å². The van der Waals surface area contributed by atoms with Crippen molar-refractivity contribution in [1.82, 2.24) is 4.98 Å². The number of aromatic nitrogens is 1. The van der Waals surface area contributed by atoms with Gasteiger partial charge in [0.2, 0.25) is 0 Å². The van der Waals surface area contributed by atoms with E-state index in [-0.39, 0.29) is 0 Å². The average Bonchev–Trinajstić information content (AvgIpc) is 2.38. The first-order chi connectivity index (χ1) is 7.90. The molecular weight excluding hydrogens is 216 g/mol. The van der Waals surface area contributed by atoms with Gasteiger partial charge in [0.05, 0.1) is 5.56 Å². The Labute approximate surface area is 99.0 Å². The van der Waals surface area contributed by atoms with Crippen LogP contribution in [0.3, 0.4) is 0 Å². The van der Waals surface area contributed by atoms with Crippen LogP contribution in [0, 0.1) is 11.3 Å². The largest absolute Gasteiger partial charge is 0.263 e. The predicted molar refractivity (Wildman–Crippen MR) is 65.0 cm³/mol. The minimum absolute atomic E-state index is 0.691. The Bertz CT molecular complexity index is 503. The van der Waals surface area contributed by atoms with E-state index < -0.39 is 0 Å². The molecular formula is C13H10N2S. The second-order valence-corrected chi connectivity index (χ2v) is 4.28. The van der Waals surface area contributed by atoms with Crippen LogP contribution in [0.25, 0.3) is 0 Å². The van der Waals surface area contributed by atoms with Crippen LogP contribution in [0.5, 0.6) is 0 Å². The fraction of sp³-hybridized carbons (Fsp3) is 0.0769. The SMILES string of the molecule is N#Cc1ccncc1SCc1ccccc1. The third-order valence-corrected chi connectivity index (χ3v) is 3.26. The van der Waals surface area contributed by atoms with E-state index >= 15 is 0 Å². The van der Waals surface area contributed by atoms with Gasteiger partial charge in [-0.15, -0.1) is 11.8 Å². The molecule has 0 unspecified atom stereocenters. The highest BCUT2D eigenvalue weighted by atomic mass is 32.2. The molecule has 0 radical (unpaired) electrons. The summed E-state index contributed by atoms with van der Waals surface area (Å²) in [5, 5.41) is 8.92. The van der Waals surface area contributed by atoms with Gasteiger partial charge in [-0.2, -0.15) is 5.26 Å². The van der Waals surface area contributed by atoms with Gasteiger partial charge in [0.25, 0.3) is 0 Å². The molecule has 0 aliphatic carbocycles. The van der Waals surface area contributed by atoms with Crippen molar-refractivity contribution in [2.75, 3.05) is 0 Å². The van der Waals surface area contributed by atoms with Crippen LogP contribution in [0.2, 0.25) is 0 Å². The summed E-state index contributed by atoms with van der Waals surface area (Å²) in [4.78, 5) is 4.97. The summed E-state index contributed by atoms with van der Waals surface area (Å²) in [6.45, 7) is 0. The molecule has 1 aromatic heterocycles. The minimum atomic E-state index is 0.691. The molecule has 78 valence electrons. The Morgan fingerprint density at radius 1 is 1.19 bits per heavy atom. The number of nitrogens with zero attached hydrogens (tertiary/aromatic N) is 2. The van der Waals surface area contributed by atoms with Crippen molar-refractivity contribution in [2.24, 2.45) is 0 Å². The van der Waals surface area contributed by atoms with Crippen LogP contribution in [-0.4, -0.2) is 4.98 Å². The first kappa shape index (κ1) is 10.7. The zero-order chi connectivity index (χ0) is 11.2. The molecule has 0 bridgehead atoms. The standard InChI is InChI=1S/C13H10N2S/c14-8-12-6-7-15-9-13(12)16-10-11-4-2-1-3-5-11/h1-7,9H,10H2. The molecule has 0 aliphatic rings. The topological polar surface area (TPSA) is 36.7 Å². The molecule has 0 atom stereocenters. The molecule has 0 fully saturated rings. The third-order valence-electron chi connectivity index (χ3n) is 2.14. The number of rotatable bonds is 3. The number of pyridine rings is 1. The lowest BCUT2D eigenvalue weighted by Gasteiger charge is -2.02. The van der Waals surface area contributed by atoms with E-state index in [0.29, 0.717) is 5.56 Å². The molecule has 0 N–H and O–H groups in total. The maximum atomic E-state index is 8.92. The molecule has 1 heterocycles. The van der Waals surface area contributed by atoms with E-state index in [1.807, 2.05) is 18.2 Å². The van der Waals surface area contributed by atoms with Crippen molar-refractivity contribution >= 4 is 11.8 Å². The normalized spacial score (nSPS) is 9.69. The molecule has 0 saturated carbocycles. The summed E-state index contributed by atoms with van der Waals surface area (Å²) in [5.41, 5.74) is 1.94. The molecule has 2 rings (SSSR count). The Kier molecular flexibility index (Phi) is 3.58. The summed E-state index contributed by atoms with van der Waals surface area (Å²) in [7, 11) is 0. The second-order valence-electron chi connectivity index (χ2n) is 3.26. The number of hydrogen-bond acceptors (Lipinski definition) is 3. The second kappa shape index (κ2) is 5.34. The lowest BCUT2D eigenvalue weighted by molar-refractivity contribution is 1.21. The summed E-state index contributed by atoms with van der Waals surface area (Å²) in [5.74, 6) is 0.862. The van der Waals surface area contributed by atoms with E-state index in [0.717, 1.165) is 10.6 Å². The monoisotopic (exact) mass is 226 g/mol. The number of nitriles is 1.